The number of amides is 1. The first kappa shape index (κ1) is 12.0. The Morgan fingerprint density at radius 3 is 2.59 bits per heavy atom. The summed E-state index contributed by atoms with van der Waals surface area (Å²) in [5.74, 6) is 3.79. The molecule has 5 atom stereocenters. The molecule has 0 radical (unpaired) electrons. The summed E-state index contributed by atoms with van der Waals surface area (Å²) in [6, 6.07) is 0.462. The van der Waals surface area contributed by atoms with Gasteiger partial charge in [-0.15, -0.1) is 0 Å². The minimum atomic E-state index is -0.427. The number of nitrogens with one attached hydrogen (secondary N) is 1. The highest BCUT2D eigenvalue weighted by Gasteiger charge is 2.54. The molecule has 0 aliphatic heterocycles. The van der Waals surface area contributed by atoms with E-state index in [2.05, 4.69) is 21.2 Å². The lowest BCUT2D eigenvalue weighted by Gasteiger charge is -2.33. The van der Waals surface area contributed by atoms with Gasteiger partial charge in [0.25, 0.3) is 0 Å². The second kappa shape index (κ2) is 3.97. The molecule has 0 aromatic carbocycles. The number of rotatable bonds is 2. The Bertz CT molecular complexity index is 336. The average Bonchev–Trinajstić information content (AvgIpc) is 2.85. The van der Waals surface area contributed by atoms with E-state index in [-0.39, 0.29) is 5.91 Å². The van der Waals surface area contributed by atoms with Gasteiger partial charge in [-0.05, 0) is 63.2 Å². The van der Waals surface area contributed by atoms with Crippen LogP contribution in [0.2, 0.25) is 0 Å². The van der Waals surface area contributed by atoms with E-state index >= 15 is 0 Å². The van der Waals surface area contributed by atoms with Crippen LogP contribution in [-0.2, 0) is 4.79 Å². The molecule has 17 heavy (non-hydrogen) atoms. The molecule has 2 nitrogen and oxygen atoms in total. The Balaban J connectivity index is 1.66. The lowest BCUT2D eigenvalue weighted by atomic mass is 9.79. The molecule has 96 valence electrons. The molecule has 0 spiro atoms. The number of alkyl halides is 1. The minimum Gasteiger partial charge on any atom is -0.352 e. The fourth-order valence-electron chi connectivity index (χ4n) is 4.57. The molecular weight excluding hydrogens is 278 g/mol. The smallest absolute Gasteiger partial charge is 0.236 e. The van der Waals surface area contributed by atoms with Crippen LogP contribution in [0.25, 0.3) is 0 Å². The number of carbonyl (C=O) groups excluding carboxylic acids is 1. The third kappa shape index (κ3) is 1.94. The fourth-order valence-corrected chi connectivity index (χ4v) is 4.69. The molecule has 3 saturated carbocycles. The van der Waals surface area contributed by atoms with Crippen LogP contribution < -0.4 is 5.32 Å². The summed E-state index contributed by atoms with van der Waals surface area (Å²) < 4.78 is -0.427. The Labute approximate surface area is 112 Å². The zero-order chi connectivity index (χ0) is 12.2. The monoisotopic (exact) mass is 299 g/mol. The topological polar surface area (TPSA) is 29.1 Å². The minimum absolute atomic E-state index is 0.157. The Morgan fingerprint density at radius 1 is 1.18 bits per heavy atom. The van der Waals surface area contributed by atoms with Crippen molar-refractivity contribution < 1.29 is 4.79 Å². The molecule has 1 N–H and O–H groups in total. The van der Waals surface area contributed by atoms with Crippen LogP contribution >= 0.6 is 15.9 Å². The molecule has 0 aromatic heterocycles. The first-order valence-electron chi connectivity index (χ1n) is 6.96. The van der Waals surface area contributed by atoms with Crippen molar-refractivity contribution in [2.75, 3.05) is 0 Å². The second-order valence-electron chi connectivity index (χ2n) is 6.71. The van der Waals surface area contributed by atoms with Gasteiger partial charge in [0.2, 0.25) is 5.91 Å². The number of hydrogen-bond acceptors (Lipinski definition) is 1. The molecule has 0 heterocycles. The molecule has 0 aromatic rings. The van der Waals surface area contributed by atoms with Gasteiger partial charge in [-0.3, -0.25) is 4.79 Å². The van der Waals surface area contributed by atoms with E-state index < -0.39 is 4.32 Å². The van der Waals surface area contributed by atoms with Gasteiger partial charge in [0.15, 0.2) is 0 Å². The van der Waals surface area contributed by atoms with Gasteiger partial charge in [-0.1, -0.05) is 22.4 Å². The predicted molar refractivity (Wildman–Crippen MR) is 72.0 cm³/mol. The molecule has 3 aliphatic rings. The lowest BCUT2D eigenvalue weighted by molar-refractivity contribution is -0.123. The van der Waals surface area contributed by atoms with E-state index in [4.69, 9.17) is 0 Å². The highest BCUT2D eigenvalue weighted by molar-refractivity contribution is 9.10. The highest BCUT2D eigenvalue weighted by Crippen LogP contribution is 2.58. The summed E-state index contributed by atoms with van der Waals surface area (Å²) in [4.78, 5) is 12.0. The standard InChI is InChI=1S/C14H22BrNO/c1-14(2,15)13(17)16-12-7-8-6-11(12)10-5-3-4-9(8)10/h8-12H,3-7H2,1-2H3,(H,16,17). The SMILES string of the molecule is CC(C)(Br)C(=O)NC1CC2CC1C1CCCC21. The summed E-state index contributed by atoms with van der Waals surface area (Å²) in [7, 11) is 0. The maximum atomic E-state index is 12.0. The van der Waals surface area contributed by atoms with E-state index in [0.29, 0.717) is 6.04 Å². The van der Waals surface area contributed by atoms with Crippen LogP contribution in [0, 0.1) is 23.7 Å². The molecule has 1 amide bonds. The van der Waals surface area contributed by atoms with Gasteiger partial charge in [-0.25, -0.2) is 0 Å². The van der Waals surface area contributed by atoms with Gasteiger partial charge in [0.1, 0.15) is 0 Å². The first-order chi connectivity index (χ1) is 7.97. The fraction of sp³-hybridized carbons (Fsp3) is 0.929. The summed E-state index contributed by atoms with van der Waals surface area (Å²) >= 11 is 3.45. The molecule has 3 heteroatoms. The second-order valence-corrected chi connectivity index (χ2v) is 8.69. The zero-order valence-electron chi connectivity index (χ0n) is 10.7. The van der Waals surface area contributed by atoms with Gasteiger partial charge in [0.05, 0.1) is 4.32 Å². The molecular formula is C14H22BrNO. The summed E-state index contributed by atoms with van der Waals surface area (Å²) in [5.41, 5.74) is 0. The molecule has 2 bridgehead atoms. The molecule has 0 saturated heterocycles. The molecule has 3 rings (SSSR count). The molecule has 3 fully saturated rings. The van der Waals surface area contributed by atoms with Crippen LogP contribution in [0.5, 0.6) is 0 Å². The van der Waals surface area contributed by atoms with Crippen LogP contribution in [0.4, 0.5) is 0 Å². The van der Waals surface area contributed by atoms with E-state index in [0.717, 1.165) is 23.7 Å². The van der Waals surface area contributed by atoms with Crippen molar-refractivity contribution >= 4 is 21.8 Å². The van der Waals surface area contributed by atoms with E-state index in [9.17, 15) is 4.79 Å². The van der Waals surface area contributed by atoms with Gasteiger partial charge in [0, 0.05) is 6.04 Å². The number of carbonyl (C=O) groups is 1. The largest absolute Gasteiger partial charge is 0.352 e. The van der Waals surface area contributed by atoms with Crippen molar-refractivity contribution in [2.45, 2.75) is 56.3 Å². The van der Waals surface area contributed by atoms with Crippen molar-refractivity contribution in [1.82, 2.24) is 5.32 Å². The van der Waals surface area contributed by atoms with Gasteiger partial charge >= 0.3 is 0 Å². The Kier molecular flexibility index (Phi) is 2.81. The Morgan fingerprint density at radius 2 is 1.88 bits per heavy atom. The van der Waals surface area contributed by atoms with Gasteiger partial charge < -0.3 is 5.32 Å². The molecule has 3 aliphatic carbocycles. The first-order valence-corrected chi connectivity index (χ1v) is 7.76. The maximum Gasteiger partial charge on any atom is 0.236 e. The summed E-state index contributed by atoms with van der Waals surface area (Å²) in [6.45, 7) is 3.85. The van der Waals surface area contributed by atoms with Crippen LogP contribution in [-0.4, -0.2) is 16.3 Å². The molecule has 5 unspecified atom stereocenters. The lowest BCUT2D eigenvalue weighted by Crippen LogP contribution is -2.47. The normalized spacial score (nSPS) is 43.8. The number of fused-ring (bicyclic) bond motifs is 5. The van der Waals surface area contributed by atoms with E-state index in [1.165, 1.54) is 32.1 Å². The quantitative estimate of drug-likeness (QED) is 0.780. The Hall–Kier alpha value is -0.0500. The highest BCUT2D eigenvalue weighted by atomic mass is 79.9. The maximum absolute atomic E-state index is 12.0. The van der Waals surface area contributed by atoms with Crippen molar-refractivity contribution in [1.29, 1.82) is 0 Å². The summed E-state index contributed by atoms with van der Waals surface area (Å²) in [6.07, 6.45) is 6.91. The van der Waals surface area contributed by atoms with Crippen LogP contribution in [0.3, 0.4) is 0 Å². The van der Waals surface area contributed by atoms with Crippen molar-refractivity contribution in [2.24, 2.45) is 23.7 Å². The third-order valence-electron chi connectivity index (χ3n) is 5.29. The summed E-state index contributed by atoms with van der Waals surface area (Å²) in [5, 5.41) is 3.28. The average molecular weight is 300 g/mol. The third-order valence-corrected chi connectivity index (χ3v) is 5.65. The van der Waals surface area contributed by atoms with E-state index in [1.54, 1.807) is 0 Å². The van der Waals surface area contributed by atoms with Crippen molar-refractivity contribution in [3.63, 3.8) is 0 Å². The zero-order valence-corrected chi connectivity index (χ0v) is 12.3. The van der Waals surface area contributed by atoms with Crippen LogP contribution in [0.15, 0.2) is 0 Å². The van der Waals surface area contributed by atoms with Crippen molar-refractivity contribution in [3.8, 4) is 0 Å². The van der Waals surface area contributed by atoms with Crippen molar-refractivity contribution in [3.05, 3.63) is 0 Å². The van der Waals surface area contributed by atoms with Gasteiger partial charge in [-0.2, -0.15) is 0 Å². The van der Waals surface area contributed by atoms with E-state index in [1.807, 2.05) is 13.8 Å². The van der Waals surface area contributed by atoms with Crippen LogP contribution in [0.1, 0.15) is 46.0 Å². The number of halogens is 1. The predicted octanol–water partition coefficient (Wildman–Crippen LogP) is 3.10. The number of hydrogen-bond donors (Lipinski definition) is 1.